The van der Waals surface area contributed by atoms with Gasteiger partial charge in [-0.25, -0.2) is 9.78 Å². The summed E-state index contributed by atoms with van der Waals surface area (Å²) in [6.45, 7) is 1.70. The van der Waals surface area contributed by atoms with Crippen LogP contribution in [0.4, 0.5) is 9.80 Å². The van der Waals surface area contributed by atoms with Gasteiger partial charge in [-0.3, -0.25) is 10.1 Å². The van der Waals surface area contributed by atoms with Crippen LogP contribution in [0.2, 0.25) is 0 Å². The number of piperidine rings is 1. The molecule has 0 radical (unpaired) electrons. The summed E-state index contributed by atoms with van der Waals surface area (Å²) in [6, 6.07) is 8.85. The number of amides is 3. The number of hydrogen-bond donors (Lipinski definition) is 4. The van der Waals surface area contributed by atoms with Crippen molar-refractivity contribution in [1.82, 2.24) is 15.6 Å². The van der Waals surface area contributed by atoms with Crippen LogP contribution in [0.1, 0.15) is 23.3 Å². The standard InChI is InChI=1S/C16H19N5O2S/c17-16(23)21-15-12(13(22)19-11-7-4-8-18-9-11)20-14(24-15)10-5-2-1-3-6-10/h1-3,5-6,11,18H,4,7-9H2,(H,19,22)(H3,17,21,23). The number of hydrogen-bond acceptors (Lipinski definition) is 5. The number of nitrogens with one attached hydrogen (secondary N) is 3. The van der Waals surface area contributed by atoms with E-state index in [9.17, 15) is 9.59 Å². The largest absolute Gasteiger partial charge is 0.351 e. The highest BCUT2D eigenvalue weighted by Crippen LogP contribution is 2.32. The fourth-order valence-electron chi connectivity index (χ4n) is 2.60. The molecular formula is C16H19N5O2S. The summed E-state index contributed by atoms with van der Waals surface area (Å²) in [5.41, 5.74) is 6.29. The second-order valence-electron chi connectivity index (χ2n) is 5.57. The van der Waals surface area contributed by atoms with Crippen LogP contribution in [0.5, 0.6) is 0 Å². The van der Waals surface area contributed by atoms with Crippen LogP contribution in [0.3, 0.4) is 0 Å². The lowest BCUT2D eigenvalue weighted by atomic mass is 10.1. The number of carbonyl (C=O) groups excluding carboxylic acids is 2. The number of benzene rings is 1. The van der Waals surface area contributed by atoms with Gasteiger partial charge in [-0.2, -0.15) is 0 Å². The number of anilines is 1. The zero-order valence-corrected chi connectivity index (χ0v) is 13.9. The highest BCUT2D eigenvalue weighted by Gasteiger charge is 2.23. The fraction of sp³-hybridized carbons (Fsp3) is 0.312. The summed E-state index contributed by atoms with van der Waals surface area (Å²) >= 11 is 1.23. The van der Waals surface area contributed by atoms with E-state index in [2.05, 4.69) is 20.9 Å². The maximum Gasteiger partial charge on any atom is 0.317 e. The first-order valence-electron chi connectivity index (χ1n) is 7.78. The summed E-state index contributed by atoms with van der Waals surface area (Å²) in [7, 11) is 0. The third-order valence-electron chi connectivity index (χ3n) is 3.73. The Morgan fingerprint density at radius 3 is 2.75 bits per heavy atom. The van der Waals surface area contributed by atoms with E-state index < -0.39 is 6.03 Å². The maximum absolute atomic E-state index is 12.6. The third kappa shape index (κ3) is 3.90. The van der Waals surface area contributed by atoms with Crippen LogP contribution < -0.4 is 21.7 Å². The van der Waals surface area contributed by atoms with E-state index in [0.717, 1.165) is 31.5 Å². The van der Waals surface area contributed by atoms with Crippen molar-refractivity contribution < 1.29 is 9.59 Å². The molecule has 0 spiro atoms. The lowest BCUT2D eigenvalue weighted by molar-refractivity contribution is 0.0927. The van der Waals surface area contributed by atoms with Crippen LogP contribution in [-0.4, -0.2) is 36.1 Å². The number of nitrogens with two attached hydrogens (primary N) is 1. The van der Waals surface area contributed by atoms with E-state index in [1.165, 1.54) is 11.3 Å². The number of nitrogens with zero attached hydrogens (tertiary/aromatic N) is 1. The zero-order valence-electron chi connectivity index (χ0n) is 13.0. The Balaban J connectivity index is 1.85. The van der Waals surface area contributed by atoms with E-state index in [1.807, 2.05) is 30.3 Å². The molecule has 1 fully saturated rings. The van der Waals surface area contributed by atoms with E-state index in [1.54, 1.807) is 0 Å². The average Bonchev–Trinajstić information content (AvgIpc) is 3.00. The number of rotatable bonds is 4. The summed E-state index contributed by atoms with van der Waals surface area (Å²) in [4.78, 5) is 28.2. The Morgan fingerprint density at radius 1 is 1.29 bits per heavy atom. The van der Waals surface area contributed by atoms with Gasteiger partial charge in [0, 0.05) is 18.2 Å². The SMILES string of the molecule is NC(=O)Nc1sc(-c2ccccc2)nc1C(=O)NC1CCCNC1. The van der Waals surface area contributed by atoms with Crippen molar-refractivity contribution in [2.45, 2.75) is 18.9 Å². The van der Waals surface area contributed by atoms with Crippen LogP contribution in [0.15, 0.2) is 30.3 Å². The molecule has 1 aromatic heterocycles. The lowest BCUT2D eigenvalue weighted by Crippen LogP contribution is -2.45. The molecule has 1 aliphatic heterocycles. The molecule has 0 saturated carbocycles. The summed E-state index contributed by atoms with van der Waals surface area (Å²) < 4.78 is 0. The molecule has 8 heteroatoms. The van der Waals surface area contributed by atoms with Crippen molar-refractivity contribution >= 4 is 28.3 Å². The van der Waals surface area contributed by atoms with Gasteiger partial charge < -0.3 is 16.4 Å². The second kappa shape index (κ2) is 7.41. The monoisotopic (exact) mass is 345 g/mol. The first-order valence-corrected chi connectivity index (χ1v) is 8.59. The van der Waals surface area contributed by atoms with Crippen LogP contribution >= 0.6 is 11.3 Å². The van der Waals surface area contributed by atoms with E-state index in [4.69, 9.17) is 5.73 Å². The molecule has 1 saturated heterocycles. The Labute approximate surface area is 143 Å². The zero-order chi connectivity index (χ0) is 16.9. The Kier molecular flexibility index (Phi) is 5.07. The Hall–Kier alpha value is -2.45. The topological polar surface area (TPSA) is 109 Å². The molecule has 3 amide bonds. The summed E-state index contributed by atoms with van der Waals surface area (Å²) in [5.74, 6) is -0.300. The molecule has 1 atom stereocenters. The van der Waals surface area contributed by atoms with Crippen molar-refractivity contribution in [3.63, 3.8) is 0 Å². The quantitative estimate of drug-likeness (QED) is 0.677. The van der Waals surface area contributed by atoms with Crippen molar-refractivity contribution in [3.8, 4) is 10.6 Å². The smallest absolute Gasteiger partial charge is 0.317 e. The van der Waals surface area contributed by atoms with E-state index in [-0.39, 0.29) is 17.6 Å². The van der Waals surface area contributed by atoms with Gasteiger partial charge in [0.05, 0.1) is 0 Å². The molecule has 24 heavy (non-hydrogen) atoms. The molecule has 2 aromatic rings. The molecule has 7 nitrogen and oxygen atoms in total. The van der Waals surface area contributed by atoms with Gasteiger partial charge in [0.25, 0.3) is 5.91 Å². The molecule has 1 aliphatic rings. The number of primary amides is 1. The Bertz CT molecular complexity index is 725. The number of carbonyl (C=O) groups is 2. The van der Waals surface area contributed by atoms with Crippen molar-refractivity contribution in [3.05, 3.63) is 36.0 Å². The predicted molar refractivity (Wildman–Crippen MR) is 94.1 cm³/mol. The fourth-order valence-corrected chi connectivity index (χ4v) is 3.57. The normalized spacial score (nSPS) is 17.2. The van der Waals surface area contributed by atoms with Crippen LogP contribution in [0, 0.1) is 0 Å². The van der Waals surface area contributed by atoms with Gasteiger partial charge in [-0.15, -0.1) is 0 Å². The molecule has 1 aromatic carbocycles. The highest BCUT2D eigenvalue weighted by atomic mass is 32.1. The maximum atomic E-state index is 12.6. The third-order valence-corrected chi connectivity index (χ3v) is 4.75. The predicted octanol–water partition coefficient (Wildman–Crippen LogP) is 1.78. The number of aromatic nitrogens is 1. The molecule has 2 heterocycles. The molecule has 5 N–H and O–H groups in total. The molecule has 0 bridgehead atoms. The molecule has 3 rings (SSSR count). The van der Waals surface area contributed by atoms with Crippen LogP contribution in [-0.2, 0) is 0 Å². The minimum absolute atomic E-state index is 0.0644. The molecular weight excluding hydrogens is 326 g/mol. The van der Waals surface area contributed by atoms with Crippen molar-refractivity contribution in [2.24, 2.45) is 5.73 Å². The van der Waals surface area contributed by atoms with Gasteiger partial charge in [0.15, 0.2) is 5.69 Å². The molecule has 1 unspecified atom stereocenters. The lowest BCUT2D eigenvalue weighted by Gasteiger charge is -2.23. The summed E-state index contributed by atoms with van der Waals surface area (Å²) in [6.07, 6.45) is 1.94. The van der Waals surface area contributed by atoms with Gasteiger partial charge >= 0.3 is 6.03 Å². The van der Waals surface area contributed by atoms with Gasteiger partial charge in [-0.1, -0.05) is 41.7 Å². The first kappa shape index (κ1) is 16.4. The minimum atomic E-state index is -0.716. The molecule has 126 valence electrons. The van der Waals surface area contributed by atoms with Crippen molar-refractivity contribution in [1.29, 1.82) is 0 Å². The van der Waals surface area contributed by atoms with Gasteiger partial charge in [-0.05, 0) is 19.4 Å². The first-order chi connectivity index (χ1) is 11.6. The van der Waals surface area contributed by atoms with Crippen molar-refractivity contribution in [2.75, 3.05) is 18.4 Å². The minimum Gasteiger partial charge on any atom is -0.351 e. The number of thiazole rings is 1. The average molecular weight is 345 g/mol. The number of urea groups is 1. The Morgan fingerprint density at radius 2 is 2.08 bits per heavy atom. The molecule has 0 aliphatic carbocycles. The second-order valence-corrected chi connectivity index (χ2v) is 6.57. The van der Waals surface area contributed by atoms with E-state index in [0.29, 0.717) is 10.0 Å². The van der Waals surface area contributed by atoms with Gasteiger partial charge in [0.2, 0.25) is 0 Å². The summed E-state index contributed by atoms with van der Waals surface area (Å²) in [5, 5.41) is 9.73. The highest BCUT2D eigenvalue weighted by molar-refractivity contribution is 7.19. The van der Waals surface area contributed by atoms with Crippen LogP contribution in [0.25, 0.3) is 10.6 Å². The van der Waals surface area contributed by atoms with Gasteiger partial charge in [0.1, 0.15) is 10.0 Å². The van der Waals surface area contributed by atoms with E-state index >= 15 is 0 Å².